The summed E-state index contributed by atoms with van der Waals surface area (Å²) in [5, 5.41) is 2.86. The molecule has 0 unspecified atom stereocenters. The lowest BCUT2D eigenvalue weighted by Gasteiger charge is -2.18. The molecular weight excluding hydrogens is 301 g/mol. The van der Waals surface area contributed by atoms with Gasteiger partial charge < -0.3 is 5.32 Å². The van der Waals surface area contributed by atoms with Gasteiger partial charge in [0.2, 0.25) is 0 Å². The Labute approximate surface area is 125 Å². The van der Waals surface area contributed by atoms with Crippen LogP contribution in [0.4, 0.5) is 13.2 Å². The number of rotatable bonds is 3. The maximum absolute atomic E-state index is 12.3. The number of amides is 1. The van der Waals surface area contributed by atoms with Crippen molar-refractivity contribution < 1.29 is 18.0 Å². The van der Waals surface area contributed by atoms with Crippen LogP contribution in [0.15, 0.2) is 6.07 Å². The van der Waals surface area contributed by atoms with Crippen LogP contribution in [0.2, 0.25) is 0 Å². The van der Waals surface area contributed by atoms with Crippen LogP contribution in [0.25, 0.3) is 0 Å². The molecule has 1 fully saturated rings. The molecule has 1 amide bonds. The van der Waals surface area contributed by atoms with Crippen molar-refractivity contribution >= 4 is 17.2 Å². The first-order valence-corrected chi connectivity index (χ1v) is 7.94. The molecule has 116 valence electrons. The zero-order chi connectivity index (χ0) is 15.0. The molecule has 0 bridgehead atoms. The van der Waals surface area contributed by atoms with E-state index in [0.29, 0.717) is 17.8 Å². The Bertz CT molecular complexity index is 519. The van der Waals surface area contributed by atoms with Gasteiger partial charge in [0, 0.05) is 24.0 Å². The third-order valence-corrected chi connectivity index (χ3v) is 5.22. The molecular formula is C14H17F3N2OS. The van der Waals surface area contributed by atoms with Crippen LogP contribution in [-0.4, -0.2) is 42.7 Å². The normalized spacial score (nSPS) is 22.5. The molecule has 3 rings (SSSR count). The van der Waals surface area contributed by atoms with Crippen LogP contribution < -0.4 is 5.32 Å². The van der Waals surface area contributed by atoms with Crippen LogP contribution in [0.1, 0.15) is 33.0 Å². The van der Waals surface area contributed by atoms with Crippen LogP contribution >= 0.6 is 11.3 Å². The smallest absolute Gasteiger partial charge is 0.347 e. The van der Waals surface area contributed by atoms with Crippen LogP contribution in [0.3, 0.4) is 0 Å². The predicted octanol–water partition coefficient (Wildman–Crippen LogP) is 2.60. The SMILES string of the molecule is O=C(N[C@H]1CCN(CC(F)(F)F)C1)c1cc2c(s1)CCC2. The largest absolute Gasteiger partial charge is 0.401 e. The number of hydrogen-bond donors (Lipinski definition) is 1. The number of hydrogen-bond acceptors (Lipinski definition) is 3. The molecule has 2 heterocycles. The molecule has 0 aromatic carbocycles. The molecule has 0 radical (unpaired) electrons. The topological polar surface area (TPSA) is 32.3 Å². The van der Waals surface area contributed by atoms with Crippen LogP contribution in [-0.2, 0) is 12.8 Å². The lowest BCUT2D eigenvalue weighted by molar-refractivity contribution is -0.143. The zero-order valence-electron chi connectivity index (χ0n) is 11.5. The summed E-state index contributed by atoms with van der Waals surface area (Å²) in [5.74, 6) is -0.145. The van der Waals surface area contributed by atoms with Gasteiger partial charge in [-0.2, -0.15) is 13.2 Å². The molecule has 1 aliphatic heterocycles. The number of aryl methyl sites for hydroxylation is 2. The summed E-state index contributed by atoms with van der Waals surface area (Å²) in [6, 6.07) is 1.75. The van der Waals surface area contributed by atoms with E-state index in [4.69, 9.17) is 0 Å². The molecule has 1 atom stereocenters. The first-order chi connectivity index (χ1) is 9.90. The summed E-state index contributed by atoms with van der Waals surface area (Å²) in [5.41, 5.74) is 1.26. The van der Waals surface area contributed by atoms with Crippen molar-refractivity contribution in [3.05, 3.63) is 21.4 Å². The Morgan fingerprint density at radius 3 is 2.95 bits per heavy atom. The maximum Gasteiger partial charge on any atom is 0.401 e. The number of thiophene rings is 1. The Hall–Kier alpha value is -1.08. The number of likely N-dealkylation sites (tertiary alicyclic amines) is 1. The third-order valence-electron chi connectivity index (χ3n) is 3.98. The number of nitrogens with one attached hydrogen (secondary N) is 1. The first-order valence-electron chi connectivity index (χ1n) is 7.12. The summed E-state index contributed by atoms with van der Waals surface area (Å²) in [7, 11) is 0. The van der Waals surface area contributed by atoms with E-state index in [9.17, 15) is 18.0 Å². The lowest BCUT2D eigenvalue weighted by atomic mass is 10.2. The van der Waals surface area contributed by atoms with Gasteiger partial charge in [0.05, 0.1) is 11.4 Å². The predicted molar refractivity (Wildman–Crippen MR) is 74.7 cm³/mol. The van der Waals surface area contributed by atoms with Gasteiger partial charge in [-0.25, -0.2) is 0 Å². The molecule has 21 heavy (non-hydrogen) atoms. The second-order valence-corrected chi connectivity index (χ2v) is 6.86. The molecule has 1 saturated heterocycles. The molecule has 1 N–H and O–H groups in total. The Morgan fingerprint density at radius 2 is 2.24 bits per heavy atom. The second-order valence-electron chi connectivity index (χ2n) is 5.72. The average Bonchev–Trinajstić information content (AvgIpc) is 3.01. The van der Waals surface area contributed by atoms with Gasteiger partial charge in [-0.1, -0.05) is 0 Å². The average molecular weight is 318 g/mol. The van der Waals surface area contributed by atoms with E-state index in [1.54, 1.807) is 0 Å². The minimum absolute atomic E-state index is 0.145. The molecule has 7 heteroatoms. The van der Waals surface area contributed by atoms with E-state index >= 15 is 0 Å². The molecule has 1 aromatic rings. The van der Waals surface area contributed by atoms with Gasteiger partial charge in [0.25, 0.3) is 5.91 Å². The van der Waals surface area contributed by atoms with Crippen LogP contribution in [0.5, 0.6) is 0 Å². The highest BCUT2D eigenvalue weighted by Crippen LogP contribution is 2.30. The van der Waals surface area contributed by atoms with Crippen molar-refractivity contribution in [3.63, 3.8) is 0 Å². The van der Waals surface area contributed by atoms with Gasteiger partial charge >= 0.3 is 6.18 Å². The highest BCUT2D eigenvalue weighted by atomic mass is 32.1. The monoisotopic (exact) mass is 318 g/mol. The standard InChI is InChI=1S/C14H17F3N2OS/c15-14(16,17)8-19-5-4-10(7-19)18-13(20)12-6-9-2-1-3-11(9)21-12/h6,10H,1-5,7-8H2,(H,18,20)/t10-/m0/s1. The van der Waals surface area contributed by atoms with E-state index in [2.05, 4.69) is 5.32 Å². The summed E-state index contributed by atoms with van der Waals surface area (Å²) in [4.78, 5) is 15.5. The lowest BCUT2D eigenvalue weighted by Crippen LogP contribution is -2.39. The van der Waals surface area contributed by atoms with Crippen molar-refractivity contribution in [2.45, 2.75) is 37.9 Å². The van der Waals surface area contributed by atoms with Gasteiger partial charge in [0.15, 0.2) is 0 Å². The van der Waals surface area contributed by atoms with Crippen molar-refractivity contribution in [2.75, 3.05) is 19.6 Å². The van der Waals surface area contributed by atoms with Crippen molar-refractivity contribution in [1.82, 2.24) is 10.2 Å². The highest BCUT2D eigenvalue weighted by Gasteiger charge is 2.34. The summed E-state index contributed by atoms with van der Waals surface area (Å²) < 4.78 is 37.0. The van der Waals surface area contributed by atoms with Crippen molar-refractivity contribution in [1.29, 1.82) is 0 Å². The minimum Gasteiger partial charge on any atom is -0.347 e. The summed E-state index contributed by atoms with van der Waals surface area (Å²) in [6.45, 7) is -0.242. The first kappa shape index (κ1) is 14.8. The fraction of sp³-hybridized carbons (Fsp3) is 0.643. The van der Waals surface area contributed by atoms with E-state index in [0.717, 1.165) is 19.3 Å². The minimum atomic E-state index is -4.17. The van der Waals surface area contributed by atoms with Crippen molar-refractivity contribution in [2.24, 2.45) is 0 Å². The van der Waals surface area contributed by atoms with Crippen LogP contribution in [0, 0.1) is 0 Å². The van der Waals surface area contributed by atoms with Gasteiger partial charge in [-0.15, -0.1) is 11.3 Å². The van der Waals surface area contributed by atoms with Gasteiger partial charge in [-0.05, 0) is 37.3 Å². The summed E-state index contributed by atoms with van der Waals surface area (Å²) in [6.07, 6.45) is -0.379. The quantitative estimate of drug-likeness (QED) is 0.929. The van der Waals surface area contributed by atoms with Gasteiger partial charge in [0.1, 0.15) is 0 Å². The zero-order valence-corrected chi connectivity index (χ0v) is 12.3. The molecule has 3 nitrogen and oxygen atoms in total. The van der Waals surface area contributed by atoms with E-state index in [1.165, 1.54) is 26.7 Å². The molecule has 0 spiro atoms. The Kier molecular flexibility index (Phi) is 3.96. The highest BCUT2D eigenvalue weighted by molar-refractivity contribution is 7.14. The van der Waals surface area contributed by atoms with Crippen molar-refractivity contribution in [3.8, 4) is 0 Å². The Balaban J connectivity index is 1.54. The van der Waals surface area contributed by atoms with E-state index in [1.807, 2.05) is 6.07 Å². The maximum atomic E-state index is 12.3. The second kappa shape index (κ2) is 5.61. The fourth-order valence-corrected chi connectivity index (χ4v) is 4.20. The van der Waals surface area contributed by atoms with E-state index in [-0.39, 0.29) is 18.5 Å². The number of nitrogens with zero attached hydrogens (tertiary/aromatic N) is 1. The molecule has 2 aliphatic rings. The number of carbonyl (C=O) groups excluding carboxylic acids is 1. The van der Waals surface area contributed by atoms with Gasteiger partial charge in [-0.3, -0.25) is 9.69 Å². The molecule has 1 aliphatic carbocycles. The number of halogens is 3. The molecule has 1 aromatic heterocycles. The fourth-order valence-electron chi connectivity index (χ4n) is 3.05. The number of alkyl halides is 3. The Morgan fingerprint density at radius 1 is 1.43 bits per heavy atom. The third kappa shape index (κ3) is 3.58. The van der Waals surface area contributed by atoms with E-state index < -0.39 is 12.7 Å². The summed E-state index contributed by atoms with van der Waals surface area (Å²) >= 11 is 1.52. The molecule has 0 saturated carbocycles. The number of carbonyl (C=O) groups is 1. The number of fused-ring (bicyclic) bond motifs is 1.